The van der Waals surface area contributed by atoms with Crippen molar-refractivity contribution in [3.8, 4) is 5.75 Å². The van der Waals surface area contributed by atoms with Gasteiger partial charge in [-0.05, 0) is 22.8 Å². The molecule has 0 radical (unpaired) electrons. The van der Waals surface area contributed by atoms with Crippen LogP contribution in [0.5, 0.6) is 5.75 Å². The summed E-state index contributed by atoms with van der Waals surface area (Å²) < 4.78 is 28.8. The van der Waals surface area contributed by atoms with Crippen molar-refractivity contribution < 1.29 is 46.1 Å². The molecule has 3 rings (SSSR count). The third-order valence-electron chi connectivity index (χ3n) is 5.62. The van der Waals surface area contributed by atoms with Crippen LogP contribution in [0.4, 0.5) is 0 Å². The fourth-order valence-electron chi connectivity index (χ4n) is 3.92. The molecule has 2 N–H and O–H groups in total. The van der Waals surface area contributed by atoms with Gasteiger partial charge in [-0.1, -0.05) is 100 Å². The van der Waals surface area contributed by atoms with E-state index in [0.29, 0.717) is 5.75 Å². The number of ether oxygens (including phenoxy) is 1. The summed E-state index contributed by atoms with van der Waals surface area (Å²) in [5.74, 6) is -0.484. The summed E-state index contributed by atoms with van der Waals surface area (Å²) >= 11 is -3.79. The summed E-state index contributed by atoms with van der Waals surface area (Å²) in [6.45, 7) is 8.54. The van der Waals surface area contributed by atoms with E-state index in [4.69, 9.17) is 13.9 Å². The Kier molecular flexibility index (Phi) is 9.29. The SMILES string of the molecule is CC(C)(c1ccccc1)c1cccc(OC(=O)C=O)c1C(C)(C)c1ccccc1.[O]=[Zr]([OH])[OH]. The molecule has 0 unspecified atom stereocenters. The molecule has 0 saturated carbocycles. The Bertz CT molecular complexity index is 1100. The van der Waals surface area contributed by atoms with E-state index in [1.54, 1.807) is 6.07 Å². The standard InChI is InChI=1S/C26H26O3.2H2O.O.Zr/c1-25(2,19-12-7-5-8-13-19)21-16-11-17-22(29-23(28)18-27)24(21)26(3,4)20-14-9-6-10-15-20;;;;/h5-18H,1-4H3;2*1H2;;/q;;;;+2/p-2. The quantitative estimate of drug-likeness (QED) is 0.216. The summed E-state index contributed by atoms with van der Waals surface area (Å²) in [4.78, 5) is 22.8. The number of esters is 1. The summed E-state index contributed by atoms with van der Waals surface area (Å²) in [6, 6.07) is 26.1. The van der Waals surface area contributed by atoms with Gasteiger partial charge in [0.05, 0.1) is 0 Å². The van der Waals surface area contributed by atoms with E-state index in [1.807, 2.05) is 42.5 Å². The van der Waals surface area contributed by atoms with Crippen molar-refractivity contribution in [2.24, 2.45) is 0 Å². The van der Waals surface area contributed by atoms with Gasteiger partial charge in [-0.3, -0.25) is 4.79 Å². The van der Waals surface area contributed by atoms with Crippen molar-refractivity contribution in [2.75, 3.05) is 0 Å². The first-order valence-electron chi connectivity index (χ1n) is 10.4. The van der Waals surface area contributed by atoms with Crippen LogP contribution in [0.2, 0.25) is 0 Å². The van der Waals surface area contributed by atoms with Crippen LogP contribution < -0.4 is 4.74 Å². The monoisotopic (exact) mass is 526 g/mol. The molecule has 0 atom stereocenters. The first-order chi connectivity index (χ1) is 15.5. The molecular formula is C26H28O6Zr. The normalized spacial score (nSPS) is 11.1. The van der Waals surface area contributed by atoms with Gasteiger partial charge < -0.3 is 4.74 Å². The minimum atomic E-state index is -3.79. The topological polar surface area (TPSA) is 101 Å². The second kappa shape index (κ2) is 11.5. The summed E-state index contributed by atoms with van der Waals surface area (Å²) in [7, 11) is 0. The number of aldehydes is 1. The number of carbonyl (C=O) groups is 2. The van der Waals surface area contributed by atoms with E-state index >= 15 is 0 Å². The summed E-state index contributed by atoms with van der Waals surface area (Å²) in [5, 5.41) is 0. The number of carbonyl (C=O) groups excluding carboxylic acids is 2. The molecule has 33 heavy (non-hydrogen) atoms. The predicted molar refractivity (Wildman–Crippen MR) is 120 cm³/mol. The molecule has 0 aliphatic carbocycles. The molecule has 0 aliphatic heterocycles. The van der Waals surface area contributed by atoms with Crippen LogP contribution >= 0.6 is 0 Å². The molecular weight excluding hydrogens is 500 g/mol. The Hall–Kier alpha value is -2.60. The van der Waals surface area contributed by atoms with Crippen molar-refractivity contribution in [2.45, 2.75) is 38.5 Å². The number of hydrogen-bond donors (Lipinski definition) is 2. The van der Waals surface area contributed by atoms with Crippen molar-refractivity contribution in [1.29, 1.82) is 0 Å². The van der Waals surface area contributed by atoms with E-state index in [0.717, 1.165) is 22.3 Å². The van der Waals surface area contributed by atoms with Gasteiger partial charge in [-0.25, -0.2) is 4.79 Å². The molecule has 0 amide bonds. The molecule has 0 aromatic heterocycles. The molecule has 0 saturated heterocycles. The van der Waals surface area contributed by atoms with Crippen LogP contribution in [0.1, 0.15) is 49.9 Å². The number of hydrogen-bond acceptors (Lipinski definition) is 4. The average molecular weight is 528 g/mol. The van der Waals surface area contributed by atoms with Crippen molar-refractivity contribution in [1.82, 2.24) is 0 Å². The van der Waals surface area contributed by atoms with Crippen LogP contribution in [-0.2, 0) is 45.9 Å². The predicted octanol–water partition coefficient (Wildman–Crippen LogP) is 4.21. The Labute approximate surface area is 203 Å². The second-order valence-corrected chi connectivity index (χ2v) is 9.87. The zero-order chi connectivity index (χ0) is 24.6. The van der Waals surface area contributed by atoms with E-state index in [1.165, 1.54) is 0 Å². The molecule has 6 nitrogen and oxygen atoms in total. The summed E-state index contributed by atoms with van der Waals surface area (Å²) in [5.41, 5.74) is 3.40. The molecule has 0 fully saturated rings. The van der Waals surface area contributed by atoms with Gasteiger partial charge >= 0.3 is 37.8 Å². The van der Waals surface area contributed by atoms with Crippen molar-refractivity contribution in [3.63, 3.8) is 0 Å². The molecule has 0 bridgehead atoms. The van der Waals surface area contributed by atoms with Crippen molar-refractivity contribution in [3.05, 3.63) is 101 Å². The molecule has 3 aromatic carbocycles. The van der Waals surface area contributed by atoms with Crippen LogP contribution in [-0.4, -0.2) is 18.6 Å². The van der Waals surface area contributed by atoms with E-state index in [-0.39, 0.29) is 11.7 Å². The molecule has 172 valence electrons. The molecule has 3 aromatic rings. The third-order valence-corrected chi connectivity index (χ3v) is 5.62. The van der Waals surface area contributed by atoms with Crippen LogP contribution in [0.25, 0.3) is 0 Å². The van der Waals surface area contributed by atoms with E-state index in [9.17, 15) is 9.59 Å². The van der Waals surface area contributed by atoms with Gasteiger partial charge in [0.1, 0.15) is 5.75 Å². The Morgan fingerprint density at radius 2 is 1.24 bits per heavy atom. The van der Waals surface area contributed by atoms with Crippen LogP contribution in [0.15, 0.2) is 78.9 Å². The minimum absolute atomic E-state index is 0.203. The second-order valence-electron chi connectivity index (χ2n) is 8.48. The zero-order valence-electron chi connectivity index (χ0n) is 19.1. The number of benzene rings is 3. The molecule has 0 aliphatic rings. The fraction of sp³-hybridized carbons (Fsp3) is 0.231. The average Bonchev–Trinajstić information content (AvgIpc) is 2.79. The van der Waals surface area contributed by atoms with Crippen LogP contribution in [0, 0.1) is 0 Å². The Balaban J connectivity index is 0.000000890. The third kappa shape index (κ3) is 6.70. The number of rotatable bonds is 6. The molecule has 0 heterocycles. The first kappa shape index (κ1) is 26.7. The van der Waals surface area contributed by atoms with E-state index in [2.05, 4.69) is 58.0 Å². The van der Waals surface area contributed by atoms with Gasteiger partial charge in [-0.2, -0.15) is 0 Å². The maximum absolute atomic E-state index is 11.8. The maximum atomic E-state index is 11.8. The van der Waals surface area contributed by atoms with Gasteiger partial charge in [0.2, 0.25) is 6.29 Å². The van der Waals surface area contributed by atoms with Crippen molar-refractivity contribution >= 4 is 12.3 Å². The van der Waals surface area contributed by atoms with Gasteiger partial charge in [0.15, 0.2) is 0 Å². The first-order valence-corrected chi connectivity index (χ1v) is 13.6. The zero-order valence-corrected chi connectivity index (χ0v) is 21.6. The van der Waals surface area contributed by atoms with E-state index < -0.39 is 34.0 Å². The van der Waals surface area contributed by atoms with Gasteiger partial charge in [0.25, 0.3) is 0 Å². The molecule has 7 heteroatoms. The van der Waals surface area contributed by atoms with Gasteiger partial charge in [0, 0.05) is 16.4 Å². The Morgan fingerprint density at radius 1 is 0.788 bits per heavy atom. The van der Waals surface area contributed by atoms with Crippen LogP contribution in [0.3, 0.4) is 0 Å². The Morgan fingerprint density at radius 3 is 1.70 bits per heavy atom. The molecule has 0 spiro atoms. The van der Waals surface area contributed by atoms with Gasteiger partial charge in [-0.15, -0.1) is 0 Å². The summed E-state index contributed by atoms with van der Waals surface area (Å²) in [6.07, 6.45) is 0.203. The fourth-order valence-corrected chi connectivity index (χ4v) is 3.92.